The van der Waals surface area contributed by atoms with Crippen molar-refractivity contribution in [2.24, 2.45) is 7.05 Å². The largest absolute Gasteiger partial charge is 0.305 e. The number of amides is 1. The van der Waals surface area contributed by atoms with Crippen molar-refractivity contribution < 1.29 is 4.79 Å². The van der Waals surface area contributed by atoms with Crippen molar-refractivity contribution >= 4 is 45.5 Å². The van der Waals surface area contributed by atoms with E-state index in [0.29, 0.717) is 10.3 Å². The van der Waals surface area contributed by atoms with Crippen LogP contribution in [0, 0.1) is 13.8 Å². The average molecular weight is 470 g/mol. The summed E-state index contributed by atoms with van der Waals surface area (Å²) < 4.78 is 1.93. The van der Waals surface area contributed by atoms with Crippen molar-refractivity contribution in [3.05, 3.63) is 51.0 Å². The highest BCUT2D eigenvalue weighted by Gasteiger charge is 2.15. The first-order chi connectivity index (χ1) is 14.9. The lowest BCUT2D eigenvalue weighted by Gasteiger charge is -2.04. The van der Waals surface area contributed by atoms with E-state index < -0.39 is 0 Å². The molecule has 4 aromatic rings. The normalized spacial score (nSPS) is 11.1. The van der Waals surface area contributed by atoms with Gasteiger partial charge in [-0.15, -0.1) is 32.9 Å². The van der Waals surface area contributed by atoms with Crippen LogP contribution in [0.15, 0.2) is 40.2 Å². The van der Waals surface area contributed by atoms with Gasteiger partial charge in [-0.25, -0.2) is 4.98 Å². The standard InChI is InChI=1S/C22H23N5OS3/c1-5-17-9-16(10-29-17)20-25-26-22(27(20)4)31-12-19(28)24-21-23-18(11-30-21)15-7-6-13(2)14(3)8-15/h6-11H,5,12H2,1-4H3,(H,23,24,28). The van der Waals surface area contributed by atoms with Gasteiger partial charge in [-0.3, -0.25) is 4.79 Å². The average Bonchev–Trinajstić information content (AvgIpc) is 3.48. The molecule has 0 saturated carbocycles. The van der Waals surface area contributed by atoms with Gasteiger partial charge in [0.15, 0.2) is 16.1 Å². The first-order valence-corrected chi connectivity index (χ1v) is 12.6. The number of thiazole rings is 1. The molecule has 3 aromatic heterocycles. The maximum atomic E-state index is 12.4. The Hall–Kier alpha value is -2.49. The number of nitrogens with one attached hydrogen (secondary N) is 1. The van der Waals surface area contributed by atoms with E-state index in [-0.39, 0.29) is 11.7 Å². The van der Waals surface area contributed by atoms with E-state index in [1.165, 1.54) is 39.1 Å². The van der Waals surface area contributed by atoms with Gasteiger partial charge in [-0.05, 0) is 43.5 Å². The molecule has 0 unspecified atom stereocenters. The third kappa shape index (κ3) is 4.89. The summed E-state index contributed by atoms with van der Waals surface area (Å²) >= 11 is 4.52. The maximum Gasteiger partial charge on any atom is 0.236 e. The van der Waals surface area contributed by atoms with E-state index in [1.54, 1.807) is 11.3 Å². The molecule has 31 heavy (non-hydrogen) atoms. The minimum Gasteiger partial charge on any atom is -0.305 e. The highest BCUT2D eigenvalue weighted by atomic mass is 32.2. The lowest BCUT2D eigenvalue weighted by Crippen LogP contribution is -2.14. The van der Waals surface area contributed by atoms with Gasteiger partial charge in [0.05, 0.1) is 11.4 Å². The molecule has 3 heterocycles. The van der Waals surface area contributed by atoms with Crippen LogP contribution in [0.25, 0.3) is 22.6 Å². The molecule has 1 N–H and O–H groups in total. The van der Waals surface area contributed by atoms with E-state index in [4.69, 9.17) is 0 Å². The zero-order chi connectivity index (χ0) is 22.0. The Balaban J connectivity index is 1.37. The van der Waals surface area contributed by atoms with Crippen LogP contribution in [0.2, 0.25) is 0 Å². The van der Waals surface area contributed by atoms with Gasteiger partial charge < -0.3 is 9.88 Å². The van der Waals surface area contributed by atoms with Gasteiger partial charge in [0.2, 0.25) is 5.91 Å². The van der Waals surface area contributed by atoms with E-state index in [2.05, 4.69) is 70.9 Å². The Morgan fingerprint density at radius 3 is 2.68 bits per heavy atom. The van der Waals surface area contributed by atoms with Crippen LogP contribution in [0.3, 0.4) is 0 Å². The van der Waals surface area contributed by atoms with Crippen LogP contribution < -0.4 is 5.32 Å². The molecule has 160 valence electrons. The summed E-state index contributed by atoms with van der Waals surface area (Å²) in [6, 6.07) is 8.41. The Morgan fingerprint density at radius 2 is 1.94 bits per heavy atom. The van der Waals surface area contributed by atoms with Gasteiger partial charge in [0.1, 0.15) is 0 Å². The Labute approximate surface area is 193 Å². The van der Waals surface area contributed by atoms with Crippen molar-refractivity contribution in [1.82, 2.24) is 19.7 Å². The molecule has 0 saturated heterocycles. The van der Waals surface area contributed by atoms with Crippen LogP contribution in [0.1, 0.15) is 22.9 Å². The van der Waals surface area contributed by atoms with Crippen molar-refractivity contribution in [1.29, 1.82) is 0 Å². The minimum absolute atomic E-state index is 0.112. The third-order valence-corrected chi connectivity index (χ3v) is 7.84. The van der Waals surface area contributed by atoms with Crippen LogP contribution in [-0.2, 0) is 18.3 Å². The fourth-order valence-corrected chi connectivity index (χ4v) is 5.29. The van der Waals surface area contributed by atoms with Crippen LogP contribution in [-0.4, -0.2) is 31.4 Å². The number of hydrogen-bond donors (Lipinski definition) is 1. The van der Waals surface area contributed by atoms with Gasteiger partial charge >= 0.3 is 0 Å². The molecular formula is C22H23N5OS3. The monoisotopic (exact) mass is 469 g/mol. The highest BCUT2D eigenvalue weighted by molar-refractivity contribution is 7.99. The molecule has 0 aliphatic rings. The molecule has 4 rings (SSSR count). The number of rotatable bonds is 7. The lowest BCUT2D eigenvalue weighted by atomic mass is 10.1. The van der Waals surface area contributed by atoms with E-state index in [0.717, 1.165) is 29.1 Å². The molecule has 1 aromatic carbocycles. The van der Waals surface area contributed by atoms with Crippen molar-refractivity contribution in [3.63, 3.8) is 0 Å². The molecule has 0 atom stereocenters. The predicted octanol–water partition coefficient (Wildman–Crippen LogP) is 5.58. The van der Waals surface area contributed by atoms with E-state index in [9.17, 15) is 4.79 Å². The number of aromatic nitrogens is 4. The van der Waals surface area contributed by atoms with Crippen molar-refractivity contribution in [2.45, 2.75) is 32.3 Å². The second-order valence-electron chi connectivity index (χ2n) is 7.19. The summed E-state index contributed by atoms with van der Waals surface area (Å²) in [5.41, 5.74) is 5.47. The molecule has 0 aliphatic carbocycles. The number of thiophene rings is 1. The predicted molar refractivity (Wildman–Crippen MR) is 130 cm³/mol. The number of anilines is 1. The second-order valence-corrected chi connectivity index (χ2v) is 9.99. The maximum absolute atomic E-state index is 12.4. The molecule has 0 radical (unpaired) electrons. The summed E-state index contributed by atoms with van der Waals surface area (Å²) in [4.78, 5) is 18.3. The van der Waals surface area contributed by atoms with Gasteiger partial charge in [0, 0.05) is 33.8 Å². The molecule has 6 nitrogen and oxygen atoms in total. The molecule has 1 amide bonds. The number of thioether (sulfide) groups is 1. The molecule has 0 bridgehead atoms. The smallest absolute Gasteiger partial charge is 0.236 e. The highest BCUT2D eigenvalue weighted by Crippen LogP contribution is 2.28. The molecule has 0 fully saturated rings. The summed E-state index contributed by atoms with van der Waals surface area (Å²) in [6.45, 7) is 6.32. The zero-order valence-corrected chi connectivity index (χ0v) is 20.2. The quantitative estimate of drug-likeness (QED) is 0.358. The lowest BCUT2D eigenvalue weighted by molar-refractivity contribution is -0.113. The summed E-state index contributed by atoms with van der Waals surface area (Å²) in [6.07, 6.45) is 1.01. The Kier molecular flexibility index (Phi) is 6.54. The minimum atomic E-state index is -0.112. The van der Waals surface area contributed by atoms with E-state index >= 15 is 0 Å². The first kappa shape index (κ1) is 21.7. The van der Waals surface area contributed by atoms with Gasteiger partial charge in [-0.2, -0.15) is 0 Å². The molecule has 9 heteroatoms. The van der Waals surface area contributed by atoms with Gasteiger partial charge in [0.25, 0.3) is 0 Å². The zero-order valence-electron chi connectivity index (χ0n) is 17.8. The first-order valence-electron chi connectivity index (χ1n) is 9.87. The number of aryl methyl sites for hydroxylation is 3. The van der Waals surface area contributed by atoms with Crippen LogP contribution >= 0.6 is 34.4 Å². The SMILES string of the molecule is CCc1cc(-c2nnc(SCC(=O)Nc3nc(-c4ccc(C)c(C)c4)cs3)n2C)cs1. The van der Waals surface area contributed by atoms with Crippen molar-refractivity contribution in [2.75, 3.05) is 11.1 Å². The fourth-order valence-electron chi connectivity index (χ4n) is 3.03. The second kappa shape index (κ2) is 9.33. The third-order valence-electron chi connectivity index (χ3n) is 4.98. The number of hydrogen-bond acceptors (Lipinski definition) is 7. The topological polar surface area (TPSA) is 72.7 Å². The Morgan fingerprint density at radius 1 is 1.10 bits per heavy atom. The number of carbonyl (C=O) groups excluding carboxylic acids is 1. The molecule has 0 aliphatic heterocycles. The van der Waals surface area contributed by atoms with Gasteiger partial charge in [-0.1, -0.05) is 30.8 Å². The summed E-state index contributed by atoms with van der Waals surface area (Å²) in [5.74, 6) is 0.949. The summed E-state index contributed by atoms with van der Waals surface area (Å²) in [7, 11) is 1.93. The van der Waals surface area contributed by atoms with E-state index in [1.807, 2.05) is 17.0 Å². The number of nitrogens with zero attached hydrogens (tertiary/aromatic N) is 4. The molecular weight excluding hydrogens is 446 g/mol. The molecule has 0 spiro atoms. The fraction of sp³-hybridized carbons (Fsp3) is 0.273. The Bertz CT molecular complexity index is 1220. The van der Waals surface area contributed by atoms with Crippen LogP contribution in [0.4, 0.5) is 5.13 Å². The number of carbonyl (C=O) groups is 1. The van der Waals surface area contributed by atoms with Crippen LogP contribution in [0.5, 0.6) is 0 Å². The van der Waals surface area contributed by atoms with Crippen molar-refractivity contribution in [3.8, 4) is 22.6 Å². The number of benzene rings is 1. The summed E-state index contributed by atoms with van der Waals surface area (Å²) in [5, 5.41) is 16.8.